The summed E-state index contributed by atoms with van der Waals surface area (Å²) in [7, 11) is -4.12. The third-order valence-corrected chi connectivity index (χ3v) is 8.20. The fraction of sp³-hybridized carbons (Fsp3) is 0.0690. The maximum absolute atomic E-state index is 13.3. The van der Waals surface area contributed by atoms with E-state index in [-0.39, 0.29) is 43.4 Å². The Hall–Kier alpha value is -5.16. The number of sulfone groups is 1. The van der Waals surface area contributed by atoms with Gasteiger partial charge >= 0.3 is 5.97 Å². The average molecular weight is 557 g/mol. The van der Waals surface area contributed by atoms with Crippen LogP contribution in [-0.4, -0.2) is 31.0 Å². The van der Waals surface area contributed by atoms with Gasteiger partial charge in [0, 0.05) is 22.8 Å². The van der Waals surface area contributed by atoms with E-state index in [9.17, 15) is 32.9 Å². The Kier molecular flexibility index (Phi) is 6.74. The summed E-state index contributed by atoms with van der Waals surface area (Å²) in [5.74, 6) is -2.39. The topological polar surface area (TPSA) is 150 Å². The largest absolute Gasteiger partial charge is 0.444 e. The Morgan fingerprint density at radius 2 is 1.55 bits per heavy atom. The van der Waals surface area contributed by atoms with E-state index in [1.54, 1.807) is 37.3 Å². The van der Waals surface area contributed by atoms with Crippen LogP contribution >= 0.6 is 0 Å². The van der Waals surface area contributed by atoms with Gasteiger partial charge in [0.15, 0.2) is 5.78 Å². The minimum atomic E-state index is -4.12. The van der Waals surface area contributed by atoms with Crippen molar-refractivity contribution in [2.24, 2.45) is 0 Å². The zero-order valence-corrected chi connectivity index (χ0v) is 21.7. The Morgan fingerprint density at radius 3 is 2.27 bits per heavy atom. The zero-order valence-electron chi connectivity index (χ0n) is 20.9. The molecule has 0 aromatic heterocycles. The van der Waals surface area contributed by atoms with Gasteiger partial charge in [-0.2, -0.15) is 0 Å². The molecule has 1 heterocycles. The van der Waals surface area contributed by atoms with Crippen LogP contribution in [0.2, 0.25) is 0 Å². The first-order valence-corrected chi connectivity index (χ1v) is 13.4. The third-order valence-electron chi connectivity index (χ3n) is 6.35. The molecule has 1 unspecified atom stereocenters. The van der Waals surface area contributed by atoms with E-state index in [1.165, 1.54) is 54.6 Å². The van der Waals surface area contributed by atoms with Gasteiger partial charge < -0.3 is 10.1 Å². The van der Waals surface area contributed by atoms with Gasteiger partial charge in [0.2, 0.25) is 15.9 Å². The van der Waals surface area contributed by atoms with Crippen molar-refractivity contribution < 1.29 is 32.5 Å². The fourth-order valence-corrected chi connectivity index (χ4v) is 6.06. The number of anilines is 1. The number of nitrogens with zero attached hydrogens (tertiary/aromatic N) is 1. The Morgan fingerprint density at radius 1 is 0.875 bits per heavy atom. The van der Waals surface area contributed by atoms with Crippen LogP contribution in [0, 0.1) is 17.0 Å². The zero-order chi connectivity index (χ0) is 28.6. The number of ketones is 1. The molecular weight excluding hydrogens is 536 g/mol. The minimum absolute atomic E-state index is 0.0383. The molecule has 1 N–H and O–H groups in total. The van der Waals surface area contributed by atoms with E-state index in [1.807, 2.05) is 0 Å². The van der Waals surface area contributed by atoms with Crippen LogP contribution in [-0.2, 0) is 19.4 Å². The van der Waals surface area contributed by atoms with Crippen LogP contribution in [0.5, 0.6) is 0 Å². The van der Waals surface area contributed by atoms with Crippen molar-refractivity contribution in [3.05, 3.63) is 129 Å². The number of carbonyl (C=O) groups is 3. The van der Waals surface area contributed by atoms with Gasteiger partial charge in [0.25, 0.3) is 11.6 Å². The van der Waals surface area contributed by atoms with E-state index in [0.717, 1.165) is 6.07 Å². The summed E-state index contributed by atoms with van der Waals surface area (Å²) >= 11 is 0. The first-order chi connectivity index (χ1) is 19.1. The molecule has 200 valence electrons. The molecule has 4 aromatic carbocycles. The lowest BCUT2D eigenvalue weighted by molar-refractivity contribution is -0.384. The van der Waals surface area contributed by atoms with E-state index in [4.69, 9.17) is 4.74 Å². The number of ether oxygens (including phenoxy) is 1. The van der Waals surface area contributed by atoms with Gasteiger partial charge in [0.1, 0.15) is 5.69 Å². The lowest BCUT2D eigenvalue weighted by atomic mass is 10.0. The summed E-state index contributed by atoms with van der Waals surface area (Å²) in [6.45, 7) is 1.66. The summed E-state index contributed by atoms with van der Waals surface area (Å²) in [6, 6.07) is 21.6. The van der Waals surface area contributed by atoms with Gasteiger partial charge in [-0.3, -0.25) is 19.7 Å². The lowest BCUT2D eigenvalue weighted by Gasteiger charge is -2.20. The maximum Gasteiger partial charge on any atom is 0.339 e. The molecule has 0 radical (unpaired) electrons. The summed E-state index contributed by atoms with van der Waals surface area (Å²) in [5.41, 5.74) is 0.211. The number of hydrogen-bond donors (Lipinski definition) is 1. The highest BCUT2D eigenvalue weighted by Crippen LogP contribution is 2.35. The van der Waals surface area contributed by atoms with Crippen LogP contribution in [0.3, 0.4) is 0 Å². The number of nitrogens with one attached hydrogen (secondary N) is 1. The lowest BCUT2D eigenvalue weighted by Crippen LogP contribution is -2.26. The van der Waals surface area contributed by atoms with Gasteiger partial charge in [-0.1, -0.05) is 48.5 Å². The first kappa shape index (κ1) is 26.4. The molecule has 0 spiro atoms. The number of benzene rings is 4. The van der Waals surface area contributed by atoms with E-state index in [2.05, 4.69) is 5.32 Å². The number of rotatable bonds is 6. The van der Waals surface area contributed by atoms with E-state index in [0.29, 0.717) is 5.56 Å². The summed E-state index contributed by atoms with van der Waals surface area (Å²) in [6.07, 6.45) is -1.54. The number of amides is 1. The average Bonchev–Trinajstić information content (AvgIpc) is 2.95. The molecule has 0 aliphatic carbocycles. The smallest absolute Gasteiger partial charge is 0.339 e. The predicted molar refractivity (Wildman–Crippen MR) is 143 cm³/mol. The quantitative estimate of drug-likeness (QED) is 0.178. The highest BCUT2D eigenvalue weighted by Gasteiger charge is 2.36. The highest BCUT2D eigenvalue weighted by molar-refractivity contribution is 7.91. The van der Waals surface area contributed by atoms with Gasteiger partial charge in [0.05, 0.1) is 20.3 Å². The molecule has 0 fully saturated rings. The number of nitro groups is 1. The third kappa shape index (κ3) is 4.74. The Balaban J connectivity index is 1.48. The molecule has 0 saturated heterocycles. The van der Waals surface area contributed by atoms with Crippen molar-refractivity contribution in [2.45, 2.75) is 22.8 Å². The van der Waals surface area contributed by atoms with Crippen LogP contribution in [0.4, 0.5) is 11.4 Å². The predicted octanol–water partition coefficient (Wildman–Crippen LogP) is 4.82. The van der Waals surface area contributed by atoms with E-state index < -0.39 is 38.5 Å². The van der Waals surface area contributed by atoms with Crippen LogP contribution in [0.1, 0.15) is 43.5 Å². The van der Waals surface area contributed by atoms with Gasteiger partial charge in [-0.05, 0) is 48.9 Å². The molecule has 11 heteroatoms. The monoisotopic (exact) mass is 556 g/mol. The second-order valence-corrected chi connectivity index (χ2v) is 10.9. The van der Waals surface area contributed by atoms with E-state index >= 15 is 0 Å². The molecule has 1 aliphatic rings. The molecule has 40 heavy (non-hydrogen) atoms. The SMILES string of the molecule is Cc1ccc(NC(=O)C(OC(=O)c2ccc3c(c2)S(=O)(=O)c2ccccc2C3=O)c2ccccc2)c([N+](=O)[O-])c1. The van der Waals surface area contributed by atoms with Crippen molar-refractivity contribution in [1.29, 1.82) is 0 Å². The van der Waals surface area contributed by atoms with Crippen LogP contribution in [0.15, 0.2) is 101 Å². The number of fused-ring (bicyclic) bond motifs is 2. The van der Waals surface area contributed by atoms with Crippen molar-refractivity contribution in [2.75, 3.05) is 5.32 Å². The number of hydrogen-bond acceptors (Lipinski definition) is 8. The molecule has 0 bridgehead atoms. The second kappa shape index (κ2) is 10.2. The molecule has 10 nitrogen and oxygen atoms in total. The molecule has 4 aromatic rings. The van der Waals surface area contributed by atoms with Crippen molar-refractivity contribution in [3.63, 3.8) is 0 Å². The normalized spacial score (nSPS) is 13.9. The molecule has 0 saturated carbocycles. The summed E-state index contributed by atoms with van der Waals surface area (Å²) in [5, 5.41) is 14.0. The molecular formula is C29H20N2O8S. The van der Waals surface area contributed by atoms with Gasteiger partial charge in [-0.15, -0.1) is 0 Å². The van der Waals surface area contributed by atoms with Crippen molar-refractivity contribution in [3.8, 4) is 0 Å². The molecule has 1 amide bonds. The Bertz CT molecular complexity index is 1820. The second-order valence-electron chi connectivity index (χ2n) is 9.00. The number of esters is 1. The van der Waals surface area contributed by atoms with Gasteiger partial charge in [-0.25, -0.2) is 13.2 Å². The highest BCUT2D eigenvalue weighted by atomic mass is 32.2. The van der Waals surface area contributed by atoms with Crippen molar-refractivity contribution >= 4 is 38.9 Å². The number of carbonyl (C=O) groups excluding carboxylic acids is 3. The Labute approximate surface area is 228 Å². The molecule has 1 aliphatic heterocycles. The summed E-state index contributed by atoms with van der Waals surface area (Å²) in [4.78, 5) is 49.8. The number of nitro benzene ring substituents is 1. The fourth-order valence-electron chi connectivity index (χ4n) is 4.38. The van der Waals surface area contributed by atoms with Crippen LogP contribution < -0.4 is 5.32 Å². The molecule has 5 rings (SSSR count). The number of aryl methyl sites for hydroxylation is 1. The standard InChI is InChI=1S/C29H20N2O8S/c1-17-11-14-22(23(15-17)31(35)36)30-28(33)27(18-7-3-2-4-8-18)39-29(34)19-12-13-21-25(16-19)40(37,38)24-10-6-5-9-20(24)26(21)32/h2-16,27H,1H3,(H,30,33). The minimum Gasteiger partial charge on any atom is -0.444 e. The first-order valence-electron chi connectivity index (χ1n) is 11.9. The van der Waals surface area contributed by atoms with Crippen molar-refractivity contribution in [1.82, 2.24) is 0 Å². The maximum atomic E-state index is 13.3. The summed E-state index contributed by atoms with van der Waals surface area (Å²) < 4.78 is 32.1. The van der Waals surface area contributed by atoms with Crippen LogP contribution in [0.25, 0.3) is 0 Å². The molecule has 1 atom stereocenters.